The third-order valence-corrected chi connectivity index (χ3v) is 3.49. The van der Waals surface area contributed by atoms with Gasteiger partial charge in [0.15, 0.2) is 0 Å². The molecule has 0 aliphatic heterocycles. The highest BCUT2D eigenvalue weighted by molar-refractivity contribution is 7.17. The van der Waals surface area contributed by atoms with Crippen molar-refractivity contribution in [3.05, 3.63) is 35.2 Å². The van der Waals surface area contributed by atoms with Crippen molar-refractivity contribution in [1.82, 2.24) is 0 Å². The molecule has 2 nitrogen and oxygen atoms in total. The number of thiophene rings is 1. The number of hydrogen-bond acceptors (Lipinski definition) is 3. The second-order valence-electron chi connectivity index (χ2n) is 3.58. The summed E-state index contributed by atoms with van der Waals surface area (Å²) < 4.78 is 27.5. The summed E-state index contributed by atoms with van der Waals surface area (Å²) in [6.07, 6.45) is 0. The molecule has 0 spiro atoms. The Bertz CT molecular complexity index is 497. The fraction of sp³-hybridized carbons (Fsp3) is 0.273. The van der Waals surface area contributed by atoms with E-state index in [2.05, 4.69) is 0 Å². The fourth-order valence-corrected chi connectivity index (χ4v) is 2.56. The van der Waals surface area contributed by atoms with Crippen molar-refractivity contribution in [3.63, 3.8) is 0 Å². The smallest absolute Gasteiger partial charge is 0.289 e. The van der Waals surface area contributed by atoms with Crippen molar-refractivity contribution in [2.24, 2.45) is 5.73 Å². The molecule has 2 rings (SSSR count). The molecule has 1 aromatic heterocycles. The van der Waals surface area contributed by atoms with Gasteiger partial charge < -0.3 is 10.8 Å². The summed E-state index contributed by atoms with van der Waals surface area (Å²) in [5.41, 5.74) is 5.88. The van der Waals surface area contributed by atoms with Crippen LogP contribution in [0.2, 0.25) is 0 Å². The van der Waals surface area contributed by atoms with Gasteiger partial charge in [0.25, 0.3) is 5.92 Å². The van der Waals surface area contributed by atoms with E-state index < -0.39 is 18.6 Å². The van der Waals surface area contributed by atoms with Crippen molar-refractivity contribution in [2.45, 2.75) is 12.0 Å². The van der Waals surface area contributed by atoms with E-state index in [0.29, 0.717) is 5.56 Å². The minimum atomic E-state index is -3.29. The third-order valence-electron chi connectivity index (χ3n) is 2.51. The summed E-state index contributed by atoms with van der Waals surface area (Å²) in [6.45, 7) is -1.24. The second kappa shape index (κ2) is 4.08. The third kappa shape index (κ3) is 1.81. The molecule has 0 amide bonds. The first-order valence-electron chi connectivity index (χ1n) is 4.76. The van der Waals surface area contributed by atoms with Crippen molar-refractivity contribution < 1.29 is 13.9 Å². The number of fused-ring (bicyclic) bond motifs is 1. The molecule has 0 saturated carbocycles. The van der Waals surface area contributed by atoms with E-state index in [-0.39, 0.29) is 0 Å². The Labute approximate surface area is 95.3 Å². The Balaban J connectivity index is 2.48. The topological polar surface area (TPSA) is 46.2 Å². The summed E-state index contributed by atoms with van der Waals surface area (Å²) in [6, 6.07) is 5.77. The number of rotatable bonds is 3. The maximum atomic E-state index is 13.3. The Morgan fingerprint density at radius 3 is 2.75 bits per heavy atom. The molecular formula is C11H11F2NOS. The first kappa shape index (κ1) is 11.4. The molecule has 3 N–H and O–H groups in total. The summed E-state index contributed by atoms with van der Waals surface area (Å²) in [5, 5.41) is 11.0. The van der Waals surface area contributed by atoms with Gasteiger partial charge in [-0.25, -0.2) is 8.78 Å². The van der Waals surface area contributed by atoms with E-state index in [9.17, 15) is 8.78 Å². The van der Waals surface area contributed by atoms with Gasteiger partial charge in [0, 0.05) is 4.70 Å². The molecule has 5 heteroatoms. The molecule has 0 aliphatic carbocycles. The highest BCUT2D eigenvalue weighted by atomic mass is 32.1. The summed E-state index contributed by atoms with van der Waals surface area (Å²) >= 11 is 1.37. The normalized spacial score (nSPS) is 14.2. The first-order valence-corrected chi connectivity index (χ1v) is 5.64. The van der Waals surface area contributed by atoms with Crippen LogP contribution in [-0.4, -0.2) is 17.6 Å². The summed E-state index contributed by atoms with van der Waals surface area (Å²) in [4.78, 5) is 0. The molecule has 0 fully saturated rings. The molecule has 1 heterocycles. The largest absolute Gasteiger partial charge is 0.390 e. The molecule has 16 heavy (non-hydrogen) atoms. The van der Waals surface area contributed by atoms with Crippen LogP contribution >= 0.6 is 11.3 Å². The van der Waals surface area contributed by atoms with E-state index in [1.54, 1.807) is 17.5 Å². The maximum Gasteiger partial charge on any atom is 0.289 e. The number of halogens is 2. The van der Waals surface area contributed by atoms with Crippen LogP contribution in [0.1, 0.15) is 11.6 Å². The highest BCUT2D eigenvalue weighted by Gasteiger charge is 2.38. The zero-order valence-corrected chi connectivity index (χ0v) is 9.18. The van der Waals surface area contributed by atoms with E-state index >= 15 is 0 Å². The van der Waals surface area contributed by atoms with Crippen molar-refractivity contribution in [2.75, 3.05) is 6.61 Å². The lowest BCUT2D eigenvalue weighted by Crippen LogP contribution is -2.36. The number of aliphatic hydroxyl groups is 1. The van der Waals surface area contributed by atoms with Gasteiger partial charge in [-0.1, -0.05) is 18.2 Å². The van der Waals surface area contributed by atoms with E-state index in [1.807, 2.05) is 12.1 Å². The van der Waals surface area contributed by atoms with Crippen molar-refractivity contribution in [3.8, 4) is 0 Å². The molecule has 1 aromatic carbocycles. The van der Waals surface area contributed by atoms with Gasteiger partial charge in [0.2, 0.25) is 0 Å². The van der Waals surface area contributed by atoms with Gasteiger partial charge in [-0.3, -0.25) is 0 Å². The minimum absolute atomic E-state index is 0.389. The number of nitrogens with two attached hydrogens (primary N) is 1. The molecule has 1 atom stereocenters. The molecule has 2 aromatic rings. The van der Waals surface area contributed by atoms with E-state index in [4.69, 9.17) is 10.8 Å². The minimum Gasteiger partial charge on any atom is -0.390 e. The molecule has 0 bridgehead atoms. The number of benzene rings is 1. The molecule has 0 unspecified atom stereocenters. The lowest BCUT2D eigenvalue weighted by atomic mass is 10.0. The monoisotopic (exact) mass is 243 g/mol. The van der Waals surface area contributed by atoms with E-state index in [1.165, 1.54) is 11.3 Å². The average Bonchev–Trinajstić information content (AvgIpc) is 2.71. The lowest BCUT2D eigenvalue weighted by molar-refractivity contribution is -0.0707. The Morgan fingerprint density at radius 2 is 2.06 bits per heavy atom. The zero-order valence-electron chi connectivity index (χ0n) is 8.36. The van der Waals surface area contributed by atoms with E-state index in [0.717, 1.165) is 10.1 Å². The van der Waals surface area contributed by atoms with Gasteiger partial charge in [-0.15, -0.1) is 11.3 Å². The van der Waals surface area contributed by atoms with Crippen molar-refractivity contribution >= 4 is 21.4 Å². The van der Waals surface area contributed by atoms with Crippen LogP contribution in [-0.2, 0) is 0 Å². The lowest BCUT2D eigenvalue weighted by Gasteiger charge is -2.20. The van der Waals surface area contributed by atoms with Gasteiger partial charge >= 0.3 is 0 Å². The average molecular weight is 243 g/mol. The predicted octanol–water partition coefficient (Wildman–Crippen LogP) is 2.53. The van der Waals surface area contributed by atoms with Crippen LogP contribution in [0.5, 0.6) is 0 Å². The van der Waals surface area contributed by atoms with Crippen LogP contribution in [0.25, 0.3) is 10.1 Å². The van der Waals surface area contributed by atoms with Crippen LogP contribution in [0, 0.1) is 0 Å². The fourth-order valence-electron chi connectivity index (χ4n) is 1.57. The predicted molar refractivity (Wildman–Crippen MR) is 60.8 cm³/mol. The quantitative estimate of drug-likeness (QED) is 0.870. The molecule has 0 saturated heterocycles. The molecule has 0 aliphatic rings. The van der Waals surface area contributed by atoms with Gasteiger partial charge in [-0.2, -0.15) is 0 Å². The summed E-state index contributed by atoms with van der Waals surface area (Å²) in [7, 11) is 0. The maximum absolute atomic E-state index is 13.3. The Hall–Kier alpha value is -1.04. The van der Waals surface area contributed by atoms with Crippen LogP contribution in [0.4, 0.5) is 8.78 Å². The second-order valence-corrected chi connectivity index (χ2v) is 4.50. The SMILES string of the molecule is N[C@H](c1csc2ccccc12)C(F)(F)CO. The van der Waals surface area contributed by atoms with Gasteiger partial charge in [0.1, 0.15) is 6.61 Å². The summed E-state index contributed by atoms with van der Waals surface area (Å²) in [5.74, 6) is -3.29. The number of hydrogen-bond donors (Lipinski definition) is 2. The first-order chi connectivity index (χ1) is 7.56. The van der Waals surface area contributed by atoms with Crippen LogP contribution in [0.15, 0.2) is 29.6 Å². The number of aliphatic hydroxyl groups excluding tert-OH is 1. The zero-order chi connectivity index (χ0) is 11.8. The van der Waals surface area contributed by atoms with Gasteiger partial charge in [0.05, 0.1) is 6.04 Å². The standard InChI is InChI=1S/C11H11F2NOS/c12-11(13,6-15)10(14)8-5-16-9-4-2-1-3-7(8)9/h1-5,10,15H,6,14H2/t10-/m1/s1. The Morgan fingerprint density at radius 1 is 1.38 bits per heavy atom. The van der Waals surface area contributed by atoms with Crippen molar-refractivity contribution in [1.29, 1.82) is 0 Å². The Kier molecular flexibility index (Phi) is 2.92. The van der Waals surface area contributed by atoms with Gasteiger partial charge in [-0.05, 0) is 22.4 Å². The van der Waals surface area contributed by atoms with Crippen LogP contribution in [0.3, 0.4) is 0 Å². The molecule has 86 valence electrons. The molecule has 0 radical (unpaired) electrons. The van der Waals surface area contributed by atoms with Crippen LogP contribution < -0.4 is 5.73 Å². The number of alkyl halides is 2. The highest BCUT2D eigenvalue weighted by Crippen LogP contribution is 2.36. The molecular weight excluding hydrogens is 232 g/mol.